The number of hydrogen-bond donors (Lipinski definition) is 1. The fraction of sp³-hybridized carbons (Fsp3) is 0.462. The summed E-state index contributed by atoms with van der Waals surface area (Å²) >= 11 is 0. The zero-order chi connectivity index (χ0) is 12.7. The molecule has 1 aromatic carbocycles. The third kappa shape index (κ3) is 4.07. The fourth-order valence-electron chi connectivity index (χ4n) is 1.54. The molecule has 0 fully saturated rings. The maximum absolute atomic E-state index is 11.8. The first-order valence-corrected chi connectivity index (χ1v) is 5.79. The summed E-state index contributed by atoms with van der Waals surface area (Å²) in [4.78, 5) is 13.5. The molecule has 1 amide bonds. The van der Waals surface area contributed by atoms with Crippen LogP contribution in [0.2, 0.25) is 0 Å². The summed E-state index contributed by atoms with van der Waals surface area (Å²) < 4.78 is 5.07. The van der Waals surface area contributed by atoms with Gasteiger partial charge in [0.05, 0.1) is 7.11 Å². The highest BCUT2D eigenvalue weighted by Gasteiger charge is 2.10. The van der Waals surface area contributed by atoms with Gasteiger partial charge in [-0.25, -0.2) is 0 Å². The molecule has 0 aliphatic heterocycles. The van der Waals surface area contributed by atoms with E-state index in [1.165, 1.54) is 0 Å². The molecule has 0 aliphatic carbocycles. The van der Waals surface area contributed by atoms with Gasteiger partial charge in [-0.05, 0) is 43.7 Å². The molecular formula is C13H20N2O2. The fourth-order valence-corrected chi connectivity index (χ4v) is 1.54. The first kappa shape index (κ1) is 13.5. The quantitative estimate of drug-likeness (QED) is 0.766. The molecule has 0 bridgehead atoms. The average Bonchev–Trinajstić information content (AvgIpc) is 2.38. The van der Waals surface area contributed by atoms with Crippen molar-refractivity contribution in [2.24, 2.45) is 5.73 Å². The van der Waals surface area contributed by atoms with Gasteiger partial charge >= 0.3 is 0 Å². The van der Waals surface area contributed by atoms with Crippen molar-refractivity contribution in [2.45, 2.75) is 19.3 Å². The molecule has 0 radical (unpaired) electrons. The van der Waals surface area contributed by atoms with E-state index in [0.717, 1.165) is 24.3 Å². The van der Waals surface area contributed by atoms with Crippen molar-refractivity contribution in [2.75, 3.05) is 25.6 Å². The predicted molar refractivity (Wildman–Crippen MR) is 69.3 cm³/mol. The molecule has 0 aromatic heterocycles. The monoisotopic (exact) mass is 236 g/mol. The van der Waals surface area contributed by atoms with E-state index in [1.54, 1.807) is 19.1 Å². The van der Waals surface area contributed by atoms with Gasteiger partial charge in [-0.2, -0.15) is 0 Å². The van der Waals surface area contributed by atoms with Crippen LogP contribution in [0.4, 0.5) is 5.69 Å². The minimum Gasteiger partial charge on any atom is -0.497 e. The third-order valence-corrected chi connectivity index (χ3v) is 2.68. The van der Waals surface area contributed by atoms with E-state index in [4.69, 9.17) is 10.5 Å². The van der Waals surface area contributed by atoms with Crippen LogP contribution in [0.5, 0.6) is 5.75 Å². The predicted octanol–water partition coefficient (Wildman–Crippen LogP) is 1.79. The highest BCUT2D eigenvalue weighted by molar-refractivity contribution is 5.92. The Morgan fingerprint density at radius 1 is 1.29 bits per heavy atom. The molecule has 0 saturated heterocycles. The largest absolute Gasteiger partial charge is 0.497 e. The molecular weight excluding hydrogens is 216 g/mol. The number of benzene rings is 1. The number of hydrogen-bond acceptors (Lipinski definition) is 3. The molecule has 0 spiro atoms. The number of nitrogens with zero attached hydrogens (tertiary/aromatic N) is 1. The SMILES string of the molecule is COc1ccc(N(C)C(=O)CCCCN)cc1. The minimum atomic E-state index is 0.114. The molecule has 0 heterocycles. The molecule has 1 aromatic rings. The zero-order valence-corrected chi connectivity index (χ0v) is 10.5. The summed E-state index contributed by atoms with van der Waals surface area (Å²) in [6.45, 7) is 0.638. The van der Waals surface area contributed by atoms with E-state index in [1.807, 2.05) is 24.3 Å². The van der Waals surface area contributed by atoms with Crippen LogP contribution in [-0.2, 0) is 4.79 Å². The number of carbonyl (C=O) groups excluding carboxylic acids is 1. The Labute approximate surface area is 102 Å². The smallest absolute Gasteiger partial charge is 0.226 e. The molecule has 94 valence electrons. The van der Waals surface area contributed by atoms with Crippen molar-refractivity contribution >= 4 is 11.6 Å². The second-order valence-corrected chi connectivity index (χ2v) is 3.90. The van der Waals surface area contributed by atoms with E-state index < -0.39 is 0 Å². The van der Waals surface area contributed by atoms with E-state index >= 15 is 0 Å². The van der Waals surface area contributed by atoms with Crippen LogP contribution in [0.3, 0.4) is 0 Å². The van der Waals surface area contributed by atoms with Crippen molar-refractivity contribution < 1.29 is 9.53 Å². The van der Waals surface area contributed by atoms with Crippen LogP contribution >= 0.6 is 0 Å². The van der Waals surface area contributed by atoms with E-state index in [0.29, 0.717) is 13.0 Å². The van der Waals surface area contributed by atoms with Crippen LogP contribution in [0.15, 0.2) is 24.3 Å². The molecule has 0 saturated carbocycles. The lowest BCUT2D eigenvalue weighted by Crippen LogP contribution is -2.25. The number of methoxy groups -OCH3 is 1. The standard InChI is InChI=1S/C13H20N2O2/c1-15(13(16)5-3-4-10-14)11-6-8-12(17-2)9-7-11/h6-9H,3-5,10,14H2,1-2H3. The van der Waals surface area contributed by atoms with Crippen molar-refractivity contribution in [3.05, 3.63) is 24.3 Å². The van der Waals surface area contributed by atoms with Crippen LogP contribution < -0.4 is 15.4 Å². The van der Waals surface area contributed by atoms with Crippen LogP contribution in [0.1, 0.15) is 19.3 Å². The summed E-state index contributed by atoms with van der Waals surface area (Å²) in [5, 5.41) is 0. The Balaban J connectivity index is 2.55. The topological polar surface area (TPSA) is 55.6 Å². The molecule has 1 rings (SSSR count). The van der Waals surface area contributed by atoms with Crippen LogP contribution in [0.25, 0.3) is 0 Å². The number of nitrogens with two attached hydrogens (primary N) is 1. The Hall–Kier alpha value is -1.55. The number of carbonyl (C=O) groups is 1. The Kier molecular flexibility index (Phi) is 5.49. The Morgan fingerprint density at radius 3 is 2.47 bits per heavy atom. The van der Waals surface area contributed by atoms with Crippen LogP contribution in [-0.4, -0.2) is 26.6 Å². The number of rotatable bonds is 6. The molecule has 0 aliphatic rings. The average molecular weight is 236 g/mol. The summed E-state index contributed by atoms with van der Waals surface area (Å²) in [5.41, 5.74) is 6.27. The maximum Gasteiger partial charge on any atom is 0.226 e. The number of anilines is 1. The van der Waals surface area contributed by atoms with Gasteiger partial charge in [-0.15, -0.1) is 0 Å². The summed E-state index contributed by atoms with van der Waals surface area (Å²) in [6, 6.07) is 7.44. The van der Waals surface area contributed by atoms with Gasteiger partial charge in [0.25, 0.3) is 0 Å². The highest BCUT2D eigenvalue weighted by Crippen LogP contribution is 2.18. The molecule has 2 N–H and O–H groups in total. The molecule has 0 unspecified atom stereocenters. The lowest BCUT2D eigenvalue weighted by atomic mass is 10.2. The number of ether oxygens (including phenoxy) is 1. The molecule has 0 atom stereocenters. The van der Waals surface area contributed by atoms with Crippen molar-refractivity contribution in [1.29, 1.82) is 0 Å². The van der Waals surface area contributed by atoms with Gasteiger partial charge in [0, 0.05) is 19.2 Å². The Bertz CT molecular complexity index is 349. The summed E-state index contributed by atoms with van der Waals surface area (Å²) in [6.07, 6.45) is 2.28. The highest BCUT2D eigenvalue weighted by atomic mass is 16.5. The van der Waals surface area contributed by atoms with Gasteiger partial charge in [-0.3, -0.25) is 4.79 Å². The second-order valence-electron chi connectivity index (χ2n) is 3.90. The molecule has 17 heavy (non-hydrogen) atoms. The van der Waals surface area contributed by atoms with Gasteiger partial charge in [0.15, 0.2) is 0 Å². The van der Waals surface area contributed by atoms with Gasteiger partial charge in [0.2, 0.25) is 5.91 Å². The lowest BCUT2D eigenvalue weighted by molar-refractivity contribution is -0.118. The van der Waals surface area contributed by atoms with Crippen LogP contribution in [0, 0.1) is 0 Å². The normalized spacial score (nSPS) is 10.1. The van der Waals surface area contributed by atoms with E-state index in [-0.39, 0.29) is 5.91 Å². The summed E-state index contributed by atoms with van der Waals surface area (Å²) in [7, 11) is 3.41. The van der Waals surface area contributed by atoms with E-state index in [2.05, 4.69) is 0 Å². The second kappa shape index (κ2) is 6.91. The first-order chi connectivity index (χ1) is 8.19. The van der Waals surface area contributed by atoms with E-state index in [9.17, 15) is 4.79 Å². The Morgan fingerprint density at radius 2 is 1.94 bits per heavy atom. The van der Waals surface area contributed by atoms with Crippen molar-refractivity contribution in [3.63, 3.8) is 0 Å². The maximum atomic E-state index is 11.8. The van der Waals surface area contributed by atoms with Gasteiger partial charge in [-0.1, -0.05) is 0 Å². The third-order valence-electron chi connectivity index (χ3n) is 2.68. The minimum absolute atomic E-state index is 0.114. The van der Waals surface area contributed by atoms with Gasteiger partial charge < -0.3 is 15.4 Å². The summed E-state index contributed by atoms with van der Waals surface area (Å²) in [5.74, 6) is 0.904. The first-order valence-electron chi connectivity index (χ1n) is 5.79. The lowest BCUT2D eigenvalue weighted by Gasteiger charge is -2.17. The molecule has 4 heteroatoms. The molecule has 4 nitrogen and oxygen atoms in total. The zero-order valence-electron chi connectivity index (χ0n) is 10.5. The number of amides is 1. The van der Waals surface area contributed by atoms with Crippen molar-refractivity contribution in [3.8, 4) is 5.75 Å². The number of unbranched alkanes of at least 4 members (excludes halogenated alkanes) is 1. The van der Waals surface area contributed by atoms with Gasteiger partial charge in [0.1, 0.15) is 5.75 Å². The van der Waals surface area contributed by atoms with Crippen molar-refractivity contribution in [1.82, 2.24) is 0 Å².